The molecule has 1 aromatic carbocycles. The number of hydrogen-bond acceptors (Lipinski definition) is 3. The first-order valence-corrected chi connectivity index (χ1v) is 7.04. The van der Waals surface area contributed by atoms with Crippen molar-refractivity contribution in [3.05, 3.63) is 35.4 Å². The van der Waals surface area contributed by atoms with Gasteiger partial charge in [-0.3, -0.25) is 4.90 Å². The molecule has 0 amide bonds. The molecule has 1 saturated heterocycles. The highest BCUT2D eigenvalue weighted by atomic mass is 16.5. The third-order valence-electron chi connectivity index (χ3n) is 3.48. The Morgan fingerprint density at radius 3 is 3.05 bits per heavy atom. The normalized spacial score (nSPS) is 17.6. The summed E-state index contributed by atoms with van der Waals surface area (Å²) in [4.78, 5) is 2.48. The maximum Gasteiger partial charge on any atom is 0.126 e. The van der Waals surface area contributed by atoms with Crippen LogP contribution in [-0.2, 0) is 0 Å². The molecule has 0 atom stereocenters. The van der Waals surface area contributed by atoms with Crippen molar-refractivity contribution in [2.24, 2.45) is 0 Å². The molecular formula is C16H24N2O. The first kappa shape index (κ1) is 14.1. The maximum atomic E-state index is 5.39. The third kappa shape index (κ3) is 4.37. The van der Waals surface area contributed by atoms with Crippen molar-refractivity contribution >= 4 is 6.08 Å². The van der Waals surface area contributed by atoms with E-state index >= 15 is 0 Å². The van der Waals surface area contributed by atoms with Crippen molar-refractivity contribution in [3.8, 4) is 5.75 Å². The number of nitrogens with zero attached hydrogens (tertiary/aromatic N) is 1. The molecule has 2 rings (SSSR count). The lowest BCUT2D eigenvalue weighted by Crippen LogP contribution is -2.28. The van der Waals surface area contributed by atoms with Gasteiger partial charge in [-0.25, -0.2) is 0 Å². The van der Waals surface area contributed by atoms with Gasteiger partial charge in [0.05, 0.1) is 7.11 Å². The lowest BCUT2D eigenvalue weighted by molar-refractivity contribution is 0.324. The second-order valence-electron chi connectivity index (χ2n) is 5.05. The largest absolute Gasteiger partial charge is 0.496 e. The summed E-state index contributed by atoms with van der Waals surface area (Å²) < 4.78 is 5.39. The minimum Gasteiger partial charge on any atom is -0.496 e. The van der Waals surface area contributed by atoms with Crippen molar-refractivity contribution in [1.82, 2.24) is 10.2 Å². The smallest absolute Gasteiger partial charge is 0.126 e. The van der Waals surface area contributed by atoms with E-state index in [1.165, 1.54) is 18.5 Å². The molecule has 104 valence electrons. The van der Waals surface area contributed by atoms with Crippen LogP contribution in [0.5, 0.6) is 5.75 Å². The number of ether oxygens (including phenoxy) is 1. The van der Waals surface area contributed by atoms with Gasteiger partial charge in [-0.05, 0) is 38.6 Å². The molecule has 0 aliphatic carbocycles. The molecule has 0 aromatic heterocycles. The van der Waals surface area contributed by atoms with E-state index in [0.717, 1.165) is 37.5 Å². The summed E-state index contributed by atoms with van der Waals surface area (Å²) in [5.74, 6) is 0.944. The van der Waals surface area contributed by atoms with Crippen molar-refractivity contribution in [2.45, 2.75) is 13.3 Å². The van der Waals surface area contributed by atoms with Gasteiger partial charge in [0.2, 0.25) is 0 Å². The number of aryl methyl sites for hydroxylation is 1. The zero-order valence-corrected chi connectivity index (χ0v) is 12.0. The fourth-order valence-corrected chi connectivity index (χ4v) is 2.40. The Hall–Kier alpha value is -1.32. The van der Waals surface area contributed by atoms with Crippen LogP contribution in [0.25, 0.3) is 6.08 Å². The minimum absolute atomic E-state index is 0.944. The fourth-order valence-electron chi connectivity index (χ4n) is 2.40. The van der Waals surface area contributed by atoms with Crippen LogP contribution in [0.15, 0.2) is 24.3 Å². The molecule has 3 nitrogen and oxygen atoms in total. The average molecular weight is 260 g/mol. The molecule has 0 bridgehead atoms. The summed E-state index contributed by atoms with van der Waals surface area (Å²) in [6.45, 7) is 7.68. The van der Waals surface area contributed by atoms with Gasteiger partial charge in [-0.1, -0.05) is 23.8 Å². The molecular weight excluding hydrogens is 236 g/mol. The van der Waals surface area contributed by atoms with Crippen LogP contribution in [-0.4, -0.2) is 44.7 Å². The molecule has 0 unspecified atom stereocenters. The predicted molar refractivity (Wildman–Crippen MR) is 80.7 cm³/mol. The Kier molecular flexibility index (Phi) is 5.43. The molecule has 19 heavy (non-hydrogen) atoms. The van der Waals surface area contributed by atoms with Crippen LogP contribution < -0.4 is 10.1 Å². The third-order valence-corrected chi connectivity index (χ3v) is 3.48. The van der Waals surface area contributed by atoms with E-state index < -0.39 is 0 Å². The summed E-state index contributed by atoms with van der Waals surface area (Å²) in [5.41, 5.74) is 2.43. The van der Waals surface area contributed by atoms with Gasteiger partial charge >= 0.3 is 0 Å². The summed E-state index contributed by atoms with van der Waals surface area (Å²) in [7, 11) is 1.72. The monoisotopic (exact) mass is 260 g/mol. The Bertz CT molecular complexity index is 421. The van der Waals surface area contributed by atoms with Crippen molar-refractivity contribution in [3.63, 3.8) is 0 Å². The van der Waals surface area contributed by atoms with Crippen LogP contribution >= 0.6 is 0 Å². The topological polar surface area (TPSA) is 24.5 Å². The predicted octanol–water partition coefficient (Wildman–Crippen LogP) is 2.31. The highest BCUT2D eigenvalue weighted by molar-refractivity contribution is 5.58. The SMILES string of the molecule is COc1ccc(C)cc1/C=C/CN1CCCNCC1. The molecule has 1 heterocycles. The van der Waals surface area contributed by atoms with E-state index in [4.69, 9.17) is 4.74 Å². The van der Waals surface area contributed by atoms with Crippen LogP contribution in [0, 0.1) is 6.92 Å². The molecule has 1 aromatic rings. The van der Waals surface area contributed by atoms with Crippen LogP contribution in [0.1, 0.15) is 17.5 Å². The Morgan fingerprint density at radius 1 is 1.32 bits per heavy atom. The Labute approximate surface area is 116 Å². The fraction of sp³-hybridized carbons (Fsp3) is 0.500. The van der Waals surface area contributed by atoms with E-state index in [1.807, 2.05) is 6.07 Å². The highest BCUT2D eigenvalue weighted by Gasteiger charge is 2.06. The lowest BCUT2D eigenvalue weighted by atomic mass is 10.1. The van der Waals surface area contributed by atoms with E-state index in [9.17, 15) is 0 Å². The standard InChI is InChI=1S/C16H24N2O/c1-14-6-7-16(19-2)15(13-14)5-3-10-18-11-4-8-17-9-12-18/h3,5-7,13,17H,4,8-12H2,1-2H3/b5-3+. The zero-order valence-electron chi connectivity index (χ0n) is 12.0. The Balaban J connectivity index is 1.95. The summed E-state index contributed by atoms with van der Waals surface area (Å²) in [6.07, 6.45) is 5.65. The lowest BCUT2D eigenvalue weighted by Gasteiger charge is -2.16. The quantitative estimate of drug-likeness (QED) is 0.899. The molecule has 1 aliphatic rings. The van der Waals surface area contributed by atoms with Gasteiger partial charge in [0.25, 0.3) is 0 Å². The molecule has 1 aliphatic heterocycles. The van der Waals surface area contributed by atoms with Crippen molar-refractivity contribution < 1.29 is 4.74 Å². The van der Waals surface area contributed by atoms with Gasteiger partial charge in [-0.2, -0.15) is 0 Å². The van der Waals surface area contributed by atoms with Crippen LogP contribution in [0.4, 0.5) is 0 Å². The summed E-state index contributed by atoms with van der Waals surface area (Å²) >= 11 is 0. The molecule has 0 radical (unpaired) electrons. The molecule has 0 spiro atoms. The molecule has 0 saturated carbocycles. The van der Waals surface area contributed by atoms with Crippen molar-refractivity contribution in [1.29, 1.82) is 0 Å². The van der Waals surface area contributed by atoms with Gasteiger partial charge in [0.15, 0.2) is 0 Å². The number of benzene rings is 1. The van der Waals surface area contributed by atoms with Gasteiger partial charge < -0.3 is 10.1 Å². The molecule has 3 heteroatoms. The summed E-state index contributed by atoms with van der Waals surface area (Å²) in [5, 5.41) is 3.43. The first-order chi connectivity index (χ1) is 9.29. The number of rotatable bonds is 4. The van der Waals surface area contributed by atoms with E-state index in [1.54, 1.807) is 7.11 Å². The molecule has 1 fully saturated rings. The number of hydrogen-bond donors (Lipinski definition) is 1. The Morgan fingerprint density at radius 2 is 2.21 bits per heavy atom. The van der Waals surface area contributed by atoms with E-state index in [0.29, 0.717) is 0 Å². The average Bonchev–Trinajstić information content (AvgIpc) is 2.68. The minimum atomic E-state index is 0.944. The maximum absolute atomic E-state index is 5.39. The van der Waals surface area contributed by atoms with Gasteiger partial charge in [0, 0.05) is 25.2 Å². The second kappa shape index (κ2) is 7.31. The van der Waals surface area contributed by atoms with Gasteiger partial charge in [-0.15, -0.1) is 0 Å². The first-order valence-electron chi connectivity index (χ1n) is 7.04. The van der Waals surface area contributed by atoms with Gasteiger partial charge in [0.1, 0.15) is 5.75 Å². The molecule has 1 N–H and O–H groups in total. The number of methoxy groups -OCH3 is 1. The van der Waals surface area contributed by atoms with E-state index in [-0.39, 0.29) is 0 Å². The second-order valence-corrected chi connectivity index (χ2v) is 5.05. The van der Waals surface area contributed by atoms with E-state index in [2.05, 4.69) is 41.4 Å². The van der Waals surface area contributed by atoms with Crippen LogP contribution in [0.2, 0.25) is 0 Å². The van der Waals surface area contributed by atoms with Crippen molar-refractivity contribution in [2.75, 3.05) is 39.8 Å². The number of nitrogens with one attached hydrogen (secondary N) is 1. The zero-order chi connectivity index (χ0) is 13.5. The highest BCUT2D eigenvalue weighted by Crippen LogP contribution is 2.20. The summed E-state index contributed by atoms with van der Waals surface area (Å²) in [6, 6.07) is 6.28. The van der Waals surface area contributed by atoms with Crippen LogP contribution in [0.3, 0.4) is 0 Å².